The van der Waals surface area contributed by atoms with Crippen molar-refractivity contribution >= 4 is 11.6 Å². The standard InChI is InChI=1S/C20H22ClNO/c1-16(3-2-13-21)12-14-23-20-10-8-19(9-11-20)18-6-4-17(15-22)5-7-18/h4-11,16H,2-3,12-14H2,1H3/t16-/m1/s1. The van der Waals surface area contributed by atoms with E-state index in [2.05, 4.69) is 13.0 Å². The smallest absolute Gasteiger partial charge is 0.119 e. The molecule has 2 aromatic carbocycles. The average molecular weight is 328 g/mol. The van der Waals surface area contributed by atoms with Crippen molar-refractivity contribution in [2.75, 3.05) is 12.5 Å². The lowest BCUT2D eigenvalue weighted by molar-refractivity contribution is 0.279. The van der Waals surface area contributed by atoms with Crippen LogP contribution in [0.5, 0.6) is 5.75 Å². The van der Waals surface area contributed by atoms with Crippen LogP contribution < -0.4 is 4.74 Å². The van der Waals surface area contributed by atoms with Crippen molar-refractivity contribution in [3.8, 4) is 22.9 Å². The fraction of sp³-hybridized carbons (Fsp3) is 0.350. The maximum Gasteiger partial charge on any atom is 0.119 e. The Labute approximate surface area is 143 Å². The summed E-state index contributed by atoms with van der Waals surface area (Å²) < 4.78 is 5.81. The van der Waals surface area contributed by atoms with Gasteiger partial charge in [-0.2, -0.15) is 5.26 Å². The minimum Gasteiger partial charge on any atom is -0.494 e. The zero-order chi connectivity index (χ0) is 16.5. The maximum atomic E-state index is 8.83. The number of nitriles is 1. The van der Waals surface area contributed by atoms with Crippen LogP contribution in [0.25, 0.3) is 11.1 Å². The Morgan fingerprint density at radius 2 is 1.61 bits per heavy atom. The first kappa shape index (κ1) is 17.4. The third-order valence-electron chi connectivity index (χ3n) is 3.91. The van der Waals surface area contributed by atoms with Gasteiger partial charge in [-0.3, -0.25) is 0 Å². The molecule has 0 saturated carbocycles. The van der Waals surface area contributed by atoms with E-state index in [4.69, 9.17) is 21.6 Å². The first-order chi connectivity index (χ1) is 11.2. The molecule has 2 rings (SSSR count). The largest absolute Gasteiger partial charge is 0.494 e. The monoisotopic (exact) mass is 327 g/mol. The van der Waals surface area contributed by atoms with Gasteiger partial charge in [0.25, 0.3) is 0 Å². The Kier molecular flexibility index (Phi) is 6.97. The molecule has 120 valence electrons. The number of ether oxygens (including phenoxy) is 1. The van der Waals surface area contributed by atoms with Gasteiger partial charge in [0.05, 0.1) is 18.2 Å². The summed E-state index contributed by atoms with van der Waals surface area (Å²) in [6.45, 7) is 2.98. The Balaban J connectivity index is 1.85. The van der Waals surface area contributed by atoms with Crippen LogP contribution in [-0.2, 0) is 0 Å². The number of hydrogen-bond acceptors (Lipinski definition) is 2. The Morgan fingerprint density at radius 1 is 1.00 bits per heavy atom. The van der Waals surface area contributed by atoms with Crippen LogP contribution in [0.3, 0.4) is 0 Å². The molecule has 0 fully saturated rings. The molecule has 0 spiro atoms. The molecule has 0 bridgehead atoms. The molecule has 0 heterocycles. The van der Waals surface area contributed by atoms with Crippen LogP contribution >= 0.6 is 11.6 Å². The summed E-state index contributed by atoms with van der Waals surface area (Å²) in [6, 6.07) is 17.8. The zero-order valence-corrected chi connectivity index (χ0v) is 14.2. The van der Waals surface area contributed by atoms with E-state index in [0.717, 1.165) is 48.6 Å². The molecular weight excluding hydrogens is 306 g/mol. The van der Waals surface area contributed by atoms with Crippen LogP contribution in [0.1, 0.15) is 31.7 Å². The summed E-state index contributed by atoms with van der Waals surface area (Å²) in [6.07, 6.45) is 3.28. The number of rotatable bonds is 8. The van der Waals surface area contributed by atoms with Crippen LogP contribution in [0.4, 0.5) is 0 Å². The highest BCUT2D eigenvalue weighted by atomic mass is 35.5. The van der Waals surface area contributed by atoms with E-state index < -0.39 is 0 Å². The van der Waals surface area contributed by atoms with E-state index in [1.54, 1.807) is 0 Å². The lowest BCUT2D eigenvalue weighted by atomic mass is 10.0. The molecule has 0 radical (unpaired) electrons. The van der Waals surface area contributed by atoms with Gasteiger partial charge in [-0.1, -0.05) is 31.2 Å². The zero-order valence-electron chi connectivity index (χ0n) is 13.5. The van der Waals surface area contributed by atoms with Gasteiger partial charge in [0.15, 0.2) is 0 Å². The summed E-state index contributed by atoms with van der Waals surface area (Å²) in [5.74, 6) is 2.28. The fourth-order valence-corrected chi connectivity index (χ4v) is 2.58. The van der Waals surface area contributed by atoms with Gasteiger partial charge in [0.2, 0.25) is 0 Å². The van der Waals surface area contributed by atoms with E-state index in [1.807, 2.05) is 48.5 Å². The molecule has 0 amide bonds. The molecule has 2 aromatic rings. The molecule has 0 saturated heterocycles. The molecule has 0 aliphatic carbocycles. The van der Waals surface area contributed by atoms with Gasteiger partial charge in [-0.15, -0.1) is 11.6 Å². The van der Waals surface area contributed by atoms with E-state index in [0.29, 0.717) is 11.5 Å². The van der Waals surface area contributed by atoms with Crippen molar-refractivity contribution in [2.24, 2.45) is 5.92 Å². The SMILES string of the molecule is C[C@H](CCCCl)CCOc1ccc(-c2ccc(C#N)cc2)cc1. The average Bonchev–Trinajstić information content (AvgIpc) is 2.60. The lowest BCUT2D eigenvalue weighted by Gasteiger charge is -2.12. The van der Waals surface area contributed by atoms with Gasteiger partial charge in [-0.25, -0.2) is 0 Å². The van der Waals surface area contributed by atoms with E-state index in [1.165, 1.54) is 0 Å². The molecule has 0 unspecified atom stereocenters. The molecule has 3 heteroatoms. The number of nitrogens with zero attached hydrogens (tertiary/aromatic N) is 1. The Hall–Kier alpha value is -1.98. The third kappa shape index (κ3) is 5.62. The van der Waals surface area contributed by atoms with Crippen molar-refractivity contribution in [1.82, 2.24) is 0 Å². The van der Waals surface area contributed by atoms with E-state index in [9.17, 15) is 0 Å². The van der Waals surface area contributed by atoms with Gasteiger partial charge in [0.1, 0.15) is 5.75 Å². The highest BCUT2D eigenvalue weighted by Gasteiger charge is 2.03. The van der Waals surface area contributed by atoms with Crippen LogP contribution in [-0.4, -0.2) is 12.5 Å². The van der Waals surface area contributed by atoms with Gasteiger partial charge >= 0.3 is 0 Å². The lowest BCUT2D eigenvalue weighted by Crippen LogP contribution is -2.04. The summed E-state index contributed by atoms with van der Waals surface area (Å²) in [7, 11) is 0. The van der Waals surface area contributed by atoms with Gasteiger partial charge in [-0.05, 0) is 60.6 Å². The highest BCUT2D eigenvalue weighted by molar-refractivity contribution is 6.17. The van der Waals surface area contributed by atoms with Crippen molar-refractivity contribution in [2.45, 2.75) is 26.2 Å². The molecule has 2 nitrogen and oxygen atoms in total. The fourth-order valence-electron chi connectivity index (χ4n) is 2.43. The minimum atomic E-state index is 0.645. The van der Waals surface area contributed by atoms with Crippen LogP contribution in [0.2, 0.25) is 0 Å². The minimum absolute atomic E-state index is 0.645. The maximum absolute atomic E-state index is 8.83. The quantitative estimate of drug-likeness (QED) is 0.587. The van der Waals surface area contributed by atoms with Crippen LogP contribution in [0.15, 0.2) is 48.5 Å². The first-order valence-corrected chi connectivity index (χ1v) is 8.55. The predicted octanol–water partition coefficient (Wildman–Crippen LogP) is 5.65. The predicted molar refractivity (Wildman–Crippen MR) is 95.8 cm³/mol. The molecule has 0 N–H and O–H groups in total. The second kappa shape index (κ2) is 9.22. The molecule has 1 atom stereocenters. The molecule has 0 aliphatic rings. The topological polar surface area (TPSA) is 33.0 Å². The van der Waals surface area contributed by atoms with Gasteiger partial charge in [0, 0.05) is 5.88 Å². The highest BCUT2D eigenvalue weighted by Crippen LogP contribution is 2.23. The van der Waals surface area contributed by atoms with Crippen molar-refractivity contribution in [1.29, 1.82) is 5.26 Å². The van der Waals surface area contributed by atoms with Crippen molar-refractivity contribution < 1.29 is 4.74 Å². The third-order valence-corrected chi connectivity index (χ3v) is 4.18. The normalized spacial score (nSPS) is 11.7. The Morgan fingerprint density at radius 3 is 2.17 bits per heavy atom. The van der Waals surface area contributed by atoms with Crippen molar-refractivity contribution in [3.05, 3.63) is 54.1 Å². The van der Waals surface area contributed by atoms with Crippen molar-refractivity contribution in [3.63, 3.8) is 0 Å². The van der Waals surface area contributed by atoms with Gasteiger partial charge < -0.3 is 4.74 Å². The molecule has 23 heavy (non-hydrogen) atoms. The number of alkyl halides is 1. The summed E-state index contributed by atoms with van der Waals surface area (Å²) >= 11 is 5.71. The summed E-state index contributed by atoms with van der Waals surface area (Å²) in [5, 5.41) is 8.83. The first-order valence-electron chi connectivity index (χ1n) is 8.02. The number of hydrogen-bond donors (Lipinski definition) is 0. The molecule has 0 aliphatic heterocycles. The summed E-state index contributed by atoms with van der Waals surface area (Å²) in [5.41, 5.74) is 2.90. The number of benzene rings is 2. The second-order valence-electron chi connectivity index (χ2n) is 5.79. The van der Waals surface area contributed by atoms with E-state index >= 15 is 0 Å². The summed E-state index contributed by atoms with van der Waals surface area (Å²) in [4.78, 5) is 0. The molecular formula is C20H22ClNO. The van der Waals surface area contributed by atoms with Crippen LogP contribution in [0, 0.1) is 17.2 Å². The molecule has 0 aromatic heterocycles. The number of halogens is 1. The Bertz CT molecular complexity index is 628. The van der Waals surface area contributed by atoms with E-state index in [-0.39, 0.29) is 0 Å². The second-order valence-corrected chi connectivity index (χ2v) is 6.17.